The van der Waals surface area contributed by atoms with Gasteiger partial charge in [0.2, 0.25) is 11.8 Å². The van der Waals surface area contributed by atoms with Crippen LogP contribution in [0, 0.1) is 5.92 Å². The van der Waals surface area contributed by atoms with E-state index in [0.29, 0.717) is 19.5 Å². The van der Waals surface area contributed by atoms with Crippen LogP contribution in [0.1, 0.15) is 12.0 Å². The molecule has 0 spiro atoms. The zero-order chi connectivity index (χ0) is 12.3. The molecule has 1 atom stereocenters. The van der Waals surface area contributed by atoms with E-state index in [-0.39, 0.29) is 17.7 Å². The molecule has 0 radical (unpaired) electrons. The minimum atomic E-state index is -0.224. The Morgan fingerprint density at radius 1 is 1.41 bits per heavy atom. The third-order valence-corrected chi connectivity index (χ3v) is 3.26. The van der Waals surface area contributed by atoms with Crippen molar-refractivity contribution in [1.29, 1.82) is 0 Å². The van der Waals surface area contributed by atoms with Crippen molar-refractivity contribution in [2.45, 2.75) is 13.0 Å². The van der Waals surface area contributed by atoms with Crippen molar-refractivity contribution < 1.29 is 9.59 Å². The fraction of sp³-hybridized carbons (Fsp3) is 0.333. The highest BCUT2D eigenvalue weighted by atomic mass is 79.9. The first-order chi connectivity index (χ1) is 8.15. The Labute approximate surface area is 108 Å². The molecule has 1 aliphatic heterocycles. The molecular weight excluding hydrogens is 284 g/mol. The Balaban J connectivity index is 1.84. The van der Waals surface area contributed by atoms with Crippen molar-refractivity contribution in [3.8, 4) is 0 Å². The average Bonchev–Trinajstić information content (AvgIpc) is 2.75. The quantitative estimate of drug-likeness (QED) is 0.881. The molecule has 90 valence electrons. The summed E-state index contributed by atoms with van der Waals surface area (Å²) in [6, 6.07) is 7.76. The van der Waals surface area contributed by atoms with Crippen LogP contribution in [0.2, 0.25) is 0 Å². The molecule has 1 aromatic carbocycles. The predicted octanol–water partition coefficient (Wildman–Crippen LogP) is 1.20. The molecule has 0 aromatic heterocycles. The second-order valence-corrected chi connectivity index (χ2v) is 4.97. The summed E-state index contributed by atoms with van der Waals surface area (Å²) in [5, 5.41) is 5.48. The van der Waals surface area contributed by atoms with Gasteiger partial charge in [-0.2, -0.15) is 0 Å². The third-order valence-electron chi connectivity index (χ3n) is 2.73. The van der Waals surface area contributed by atoms with Crippen LogP contribution >= 0.6 is 15.9 Å². The molecule has 1 saturated heterocycles. The molecule has 5 heteroatoms. The second kappa shape index (κ2) is 5.31. The molecule has 1 aromatic rings. The zero-order valence-electron chi connectivity index (χ0n) is 9.20. The van der Waals surface area contributed by atoms with Crippen molar-refractivity contribution in [3.63, 3.8) is 0 Å². The van der Waals surface area contributed by atoms with Gasteiger partial charge >= 0.3 is 0 Å². The van der Waals surface area contributed by atoms with Crippen molar-refractivity contribution >= 4 is 27.7 Å². The van der Waals surface area contributed by atoms with Crippen LogP contribution < -0.4 is 10.6 Å². The van der Waals surface area contributed by atoms with Gasteiger partial charge in [-0.05, 0) is 17.7 Å². The van der Waals surface area contributed by atoms with E-state index in [0.717, 1.165) is 10.0 Å². The summed E-state index contributed by atoms with van der Waals surface area (Å²) in [4.78, 5) is 22.7. The fourth-order valence-electron chi connectivity index (χ4n) is 1.73. The topological polar surface area (TPSA) is 58.2 Å². The summed E-state index contributed by atoms with van der Waals surface area (Å²) >= 11 is 3.35. The molecule has 2 rings (SSSR count). The van der Waals surface area contributed by atoms with Gasteiger partial charge in [-0.25, -0.2) is 0 Å². The number of benzene rings is 1. The molecule has 1 heterocycles. The maximum Gasteiger partial charge on any atom is 0.225 e. The highest BCUT2D eigenvalue weighted by molar-refractivity contribution is 9.10. The maximum atomic E-state index is 11.7. The van der Waals surface area contributed by atoms with Gasteiger partial charge < -0.3 is 10.6 Å². The van der Waals surface area contributed by atoms with Crippen molar-refractivity contribution in [2.24, 2.45) is 5.92 Å². The highest BCUT2D eigenvalue weighted by Crippen LogP contribution is 2.11. The molecular formula is C12H13BrN2O2. The summed E-state index contributed by atoms with van der Waals surface area (Å²) in [6.07, 6.45) is 0.298. The van der Waals surface area contributed by atoms with Crippen LogP contribution in [0.4, 0.5) is 0 Å². The molecule has 0 bridgehead atoms. The minimum Gasteiger partial charge on any atom is -0.355 e. The standard InChI is InChI=1S/C12H13BrN2O2/c13-10-3-1-8(2-4-10)6-15-12(17)9-5-11(16)14-7-9/h1-4,9H,5-7H2,(H,14,16)(H,15,17). The number of hydrogen-bond acceptors (Lipinski definition) is 2. The molecule has 1 fully saturated rings. The normalized spacial score (nSPS) is 18.9. The van der Waals surface area contributed by atoms with Crippen molar-refractivity contribution in [3.05, 3.63) is 34.3 Å². The number of halogens is 1. The molecule has 0 saturated carbocycles. The maximum absolute atomic E-state index is 11.7. The molecule has 1 aliphatic rings. The van der Waals surface area contributed by atoms with Crippen LogP contribution in [0.15, 0.2) is 28.7 Å². The molecule has 0 aliphatic carbocycles. The van der Waals surface area contributed by atoms with E-state index in [1.807, 2.05) is 24.3 Å². The molecule has 4 nitrogen and oxygen atoms in total. The number of nitrogens with one attached hydrogen (secondary N) is 2. The van der Waals surface area contributed by atoms with Crippen LogP contribution in [0.3, 0.4) is 0 Å². The number of carbonyl (C=O) groups excluding carboxylic acids is 2. The Hall–Kier alpha value is -1.36. The van der Waals surface area contributed by atoms with E-state index < -0.39 is 0 Å². The number of amides is 2. The molecule has 2 N–H and O–H groups in total. The van der Waals surface area contributed by atoms with E-state index in [1.165, 1.54) is 0 Å². The minimum absolute atomic E-state index is 0.0474. The lowest BCUT2D eigenvalue weighted by Gasteiger charge is -2.09. The van der Waals surface area contributed by atoms with Gasteiger partial charge in [0.1, 0.15) is 0 Å². The van der Waals surface area contributed by atoms with E-state index in [2.05, 4.69) is 26.6 Å². The highest BCUT2D eigenvalue weighted by Gasteiger charge is 2.27. The number of rotatable bonds is 3. The third kappa shape index (κ3) is 3.30. The fourth-order valence-corrected chi connectivity index (χ4v) is 1.99. The Morgan fingerprint density at radius 3 is 2.71 bits per heavy atom. The van der Waals surface area contributed by atoms with E-state index in [1.54, 1.807) is 0 Å². The Bertz CT molecular complexity index is 431. The lowest BCUT2D eigenvalue weighted by atomic mass is 10.1. The van der Waals surface area contributed by atoms with Crippen LogP contribution in [0.5, 0.6) is 0 Å². The summed E-state index contributed by atoms with van der Waals surface area (Å²) in [5.74, 6) is -0.335. The zero-order valence-corrected chi connectivity index (χ0v) is 10.8. The summed E-state index contributed by atoms with van der Waals surface area (Å²) < 4.78 is 1.01. The largest absolute Gasteiger partial charge is 0.355 e. The Morgan fingerprint density at radius 2 is 2.12 bits per heavy atom. The lowest BCUT2D eigenvalue weighted by Crippen LogP contribution is -2.31. The smallest absolute Gasteiger partial charge is 0.225 e. The number of carbonyl (C=O) groups is 2. The van der Waals surface area contributed by atoms with Gasteiger partial charge in [0, 0.05) is 24.0 Å². The molecule has 17 heavy (non-hydrogen) atoms. The van der Waals surface area contributed by atoms with Crippen LogP contribution in [-0.4, -0.2) is 18.4 Å². The lowest BCUT2D eigenvalue weighted by molar-refractivity contribution is -0.126. The predicted molar refractivity (Wildman–Crippen MR) is 67.1 cm³/mol. The van der Waals surface area contributed by atoms with Gasteiger partial charge in [0.25, 0.3) is 0 Å². The van der Waals surface area contributed by atoms with Gasteiger partial charge in [-0.3, -0.25) is 9.59 Å². The SMILES string of the molecule is O=C1CC(C(=O)NCc2ccc(Br)cc2)CN1. The van der Waals surface area contributed by atoms with E-state index in [9.17, 15) is 9.59 Å². The monoisotopic (exact) mass is 296 g/mol. The average molecular weight is 297 g/mol. The second-order valence-electron chi connectivity index (χ2n) is 4.05. The van der Waals surface area contributed by atoms with Crippen molar-refractivity contribution in [1.82, 2.24) is 10.6 Å². The van der Waals surface area contributed by atoms with E-state index >= 15 is 0 Å². The van der Waals surface area contributed by atoms with E-state index in [4.69, 9.17) is 0 Å². The van der Waals surface area contributed by atoms with Crippen LogP contribution in [-0.2, 0) is 16.1 Å². The summed E-state index contributed by atoms with van der Waals surface area (Å²) in [7, 11) is 0. The first kappa shape index (κ1) is 12.1. The summed E-state index contributed by atoms with van der Waals surface area (Å²) in [5.41, 5.74) is 1.04. The van der Waals surface area contributed by atoms with Gasteiger partial charge in [0.15, 0.2) is 0 Å². The van der Waals surface area contributed by atoms with Gasteiger partial charge in [-0.15, -0.1) is 0 Å². The first-order valence-electron chi connectivity index (χ1n) is 5.44. The Kier molecular flexibility index (Phi) is 3.78. The summed E-state index contributed by atoms with van der Waals surface area (Å²) in [6.45, 7) is 0.946. The molecule has 2 amide bonds. The molecule has 1 unspecified atom stereocenters. The number of hydrogen-bond donors (Lipinski definition) is 2. The van der Waals surface area contributed by atoms with Crippen molar-refractivity contribution in [2.75, 3.05) is 6.54 Å². The first-order valence-corrected chi connectivity index (χ1v) is 6.23. The van der Waals surface area contributed by atoms with Gasteiger partial charge in [0.05, 0.1) is 5.92 Å². The van der Waals surface area contributed by atoms with Gasteiger partial charge in [-0.1, -0.05) is 28.1 Å². The van der Waals surface area contributed by atoms with Crippen LogP contribution in [0.25, 0.3) is 0 Å².